The topological polar surface area (TPSA) is 0 Å². The Balaban J connectivity index is 0. The van der Waals surface area contributed by atoms with Gasteiger partial charge in [0.05, 0.1) is 0 Å². The zero-order valence-corrected chi connectivity index (χ0v) is 18.1. The van der Waals surface area contributed by atoms with E-state index in [1.807, 2.05) is 0 Å². The molecule has 0 aromatic carbocycles. The molecule has 0 unspecified atom stereocenters. The molecule has 0 aliphatic rings. The molecule has 0 atom stereocenters. The van der Waals surface area contributed by atoms with Crippen LogP contribution in [0.15, 0.2) is 0 Å². The maximum absolute atomic E-state index is 2.38. The zero-order valence-electron chi connectivity index (χ0n) is 12.9. The first kappa shape index (κ1) is 20.8. The van der Waals surface area contributed by atoms with Crippen LogP contribution in [0.3, 0.4) is 0 Å². The third kappa shape index (κ3) is 15.5. The van der Waals surface area contributed by atoms with E-state index in [9.17, 15) is 0 Å². The molecule has 17 heavy (non-hydrogen) atoms. The molecule has 0 spiro atoms. The zero-order chi connectivity index (χ0) is 12.6. The van der Waals surface area contributed by atoms with Gasteiger partial charge in [-0.1, -0.05) is 0 Å². The van der Waals surface area contributed by atoms with Crippen LogP contribution in [0, 0.1) is 17.8 Å². The van der Waals surface area contributed by atoms with Crippen molar-refractivity contribution in [3.63, 3.8) is 0 Å². The van der Waals surface area contributed by atoms with Crippen molar-refractivity contribution in [2.24, 2.45) is 17.8 Å². The van der Waals surface area contributed by atoms with Crippen molar-refractivity contribution in [1.29, 1.82) is 0 Å². The number of rotatable bonds is 9. The molecular weight excluding hydrogens is 426 g/mol. The summed E-state index contributed by atoms with van der Waals surface area (Å²) < 4.78 is 4.96. The molecule has 0 aliphatic heterocycles. The normalized spacial score (nSPS) is 11.6. The van der Waals surface area contributed by atoms with Crippen LogP contribution in [0.25, 0.3) is 0 Å². The Morgan fingerprint density at radius 3 is 1.00 bits per heavy atom. The van der Waals surface area contributed by atoms with Gasteiger partial charge in [-0.05, 0) is 0 Å². The molecule has 0 heterocycles. The molecule has 0 amide bonds. The molecule has 0 N–H and O–H groups in total. The van der Waals surface area contributed by atoms with E-state index in [2.05, 4.69) is 41.5 Å². The molecule has 105 valence electrons. The van der Waals surface area contributed by atoms with E-state index < -0.39 is 19.8 Å². The van der Waals surface area contributed by atoms with Gasteiger partial charge in [0.1, 0.15) is 0 Å². The summed E-state index contributed by atoms with van der Waals surface area (Å²) in [7, 11) is 0. The smallest absolute Gasteiger partial charge is 0.107 e. The monoisotopic (exact) mass is 461 g/mol. The Morgan fingerprint density at radius 1 is 0.588 bits per heavy atom. The van der Waals surface area contributed by atoms with Crippen molar-refractivity contribution in [2.75, 3.05) is 0 Å². The van der Waals surface area contributed by atoms with E-state index in [1.165, 1.54) is 19.3 Å². The first-order valence-corrected chi connectivity index (χ1v) is 13.3. The second-order valence-corrected chi connectivity index (χ2v) is 15.1. The summed E-state index contributed by atoms with van der Waals surface area (Å²) in [6.45, 7) is 14.3. The van der Waals surface area contributed by atoms with E-state index in [0.29, 0.717) is 0 Å². The van der Waals surface area contributed by atoms with E-state index in [-0.39, 0.29) is 24.0 Å². The molecule has 0 fully saturated rings. The Labute approximate surface area is 134 Å². The van der Waals surface area contributed by atoms with Crippen LogP contribution in [0.5, 0.6) is 0 Å². The summed E-state index contributed by atoms with van der Waals surface area (Å²) in [5.74, 6) is 2.77. The standard InChI is InChI=1S/3C5H11.HI.Sn/c3*1-4-5(2)3;;/h3*5H,1,4H2,2-3H3;1H;. The Hall–Kier alpha value is 1.53. The van der Waals surface area contributed by atoms with Crippen LogP contribution in [0.4, 0.5) is 0 Å². The van der Waals surface area contributed by atoms with Crippen LogP contribution < -0.4 is 0 Å². The van der Waals surface area contributed by atoms with Gasteiger partial charge < -0.3 is 0 Å². The third-order valence-electron chi connectivity index (χ3n) is 3.23. The summed E-state index contributed by atoms with van der Waals surface area (Å²) in [5, 5.41) is 0. The first-order chi connectivity index (χ1) is 7.41. The van der Waals surface area contributed by atoms with Gasteiger partial charge in [0.25, 0.3) is 0 Å². The minimum Gasteiger partial charge on any atom is -0.107 e. The molecule has 0 saturated heterocycles. The fourth-order valence-electron chi connectivity index (χ4n) is 1.85. The average Bonchev–Trinajstić information content (AvgIpc) is 2.15. The maximum atomic E-state index is 2.38. The van der Waals surface area contributed by atoms with Crippen molar-refractivity contribution >= 4 is 43.7 Å². The van der Waals surface area contributed by atoms with Crippen molar-refractivity contribution in [3.05, 3.63) is 0 Å². The van der Waals surface area contributed by atoms with Crippen molar-refractivity contribution < 1.29 is 0 Å². The van der Waals surface area contributed by atoms with E-state index >= 15 is 0 Å². The summed E-state index contributed by atoms with van der Waals surface area (Å²) in [5.41, 5.74) is 0. The molecular formula is C15H34ISn. The van der Waals surface area contributed by atoms with Gasteiger partial charge in [-0.25, -0.2) is 0 Å². The predicted octanol–water partition coefficient (Wildman–Crippen LogP) is 6.24. The summed E-state index contributed by atoms with van der Waals surface area (Å²) in [4.78, 5) is 0. The summed E-state index contributed by atoms with van der Waals surface area (Å²) >= 11 is -0.982. The second-order valence-electron chi connectivity index (χ2n) is 6.55. The minimum atomic E-state index is -0.982. The van der Waals surface area contributed by atoms with Gasteiger partial charge in [0.15, 0.2) is 0 Å². The van der Waals surface area contributed by atoms with Gasteiger partial charge in [-0.2, -0.15) is 0 Å². The average molecular weight is 460 g/mol. The molecule has 0 aromatic rings. The number of hydrogen-bond donors (Lipinski definition) is 0. The Bertz CT molecular complexity index is 126. The third-order valence-corrected chi connectivity index (χ3v) is 11.8. The van der Waals surface area contributed by atoms with Crippen molar-refractivity contribution in [2.45, 2.75) is 74.1 Å². The van der Waals surface area contributed by atoms with Crippen LogP contribution in [-0.2, 0) is 0 Å². The molecule has 0 aliphatic carbocycles. The maximum Gasteiger partial charge on any atom is -0.107 e. The van der Waals surface area contributed by atoms with Crippen LogP contribution >= 0.6 is 24.0 Å². The minimum absolute atomic E-state index is 0. The largest absolute Gasteiger partial charge is 0.107 e. The van der Waals surface area contributed by atoms with Crippen molar-refractivity contribution in [1.82, 2.24) is 0 Å². The fourth-order valence-corrected chi connectivity index (χ4v) is 12.4. The van der Waals surface area contributed by atoms with Crippen LogP contribution in [0.2, 0.25) is 13.3 Å². The van der Waals surface area contributed by atoms with Gasteiger partial charge >= 0.3 is 112 Å². The molecule has 2 heteroatoms. The molecule has 0 bridgehead atoms. The van der Waals surface area contributed by atoms with E-state index in [0.717, 1.165) is 17.8 Å². The van der Waals surface area contributed by atoms with Gasteiger partial charge in [0, 0.05) is 0 Å². The van der Waals surface area contributed by atoms with E-state index in [1.54, 1.807) is 13.3 Å². The Morgan fingerprint density at radius 2 is 0.824 bits per heavy atom. The summed E-state index contributed by atoms with van der Waals surface area (Å²) in [6.07, 6.45) is 4.51. The van der Waals surface area contributed by atoms with Gasteiger partial charge in [-0.3, -0.25) is 0 Å². The van der Waals surface area contributed by atoms with Crippen molar-refractivity contribution in [3.8, 4) is 0 Å². The fraction of sp³-hybridized carbons (Fsp3) is 1.00. The van der Waals surface area contributed by atoms with Gasteiger partial charge in [-0.15, -0.1) is 24.0 Å². The van der Waals surface area contributed by atoms with Gasteiger partial charge in [0.2, 0.25) is 0 Å². The van der Waals surface area contributed by atoms with E-state index in [4.69, 9.17) is 0 Å². The first-order valence-electron chi connectivity index (χ1n) is 7.25. The number of halogens is 1. The molecule has 0 rings (SSSR count). The molecule has 0 nitrogen and oxygen atoms in total. The summed E-state index contributed by atoms with van der Waals surface area (Å²) in [6, 6.07) is 0. The molecule has 0 aromatic heterocycles. The molecule has 0 saturated carbocycles. The Kier molecular flexibility index (Phi) is 15.4. The predicted molar refractivity (Wildman–Crippen MR) is 94.0 cm³/mol. The SMILES string of the molecule is CC(C)C[CH2][Sn]([CH2]CC(C)C)[CH2]CC(C)C.I. The number of hydrogen-bond acceptors (Lipinski definition) is 0. The quantitative estimate of drug-likeness (QED) is 0.283. The van der Waals surface area contributed by atoms with Crippen LogP contribution in [-0.4, -0.2) is 19.8 Å². The second kappa shape index (κ2) is 12.6. The molecule has 1 radical (unpaired) electrons. The van der Waals surface area contributed by atoms with Crippen LogP contribution in [0.1, 0.15) is 60.8 Å².